The van der Waals surface area contributed by atoms with Crippen molar-refractivity contribution in [1.82, 2.24) is 30.7 Å². The minimum Gasteiger partial charge on any atom is -0.445 e. The van der Waals surface area contributed by atoms with Gasteiger partial charge in [0, 0.05) is 69.0 Å². The lowest BCUT2D eigenvalue weighted by molar-refractivity contribution is -0.138. The van der Waals surface area contributed by atoms with Crippen LogP contribution in [0.5, 0.6) is 0 Å². The van der Waals surface area contributed by atoms with E-state index in [1.165, 1.54) is 14.7 Å². The van der Waals surface area contributed by atoms with Crippen LogP contribution in [0.15, 0.2) is 218 Å². The molecule has 12 N–H and O–H groups in total. The second-order valence-electron chi connectivity index (χ2n) is 38.3. The number of carbonyl (C=O) groups excluding carboxylic acids is 6. The number of nitrogens with two attached hydrogens (primary N) is 3. The maximum atomic E-state index is 14.8. The largest absolute Gasteiger partial charge is 0.445 e. The molecule has 0 heterocycles. The molecule has 1 aliphatic carbocycles. The third-order valence-corrected chi connectivity index (χ3v) is 33.0. The molecule has 10 rings (SSSR count). The molecule has 36 heteroatoms. The Morgan fingerprint density at radius 2 is 0.584 bits per heavy atom. The molecule has 6 amide bonds. The molecule has 0 bridgehead atoms. The number of aliphatic hydroxyl groups excluding tert-OH is 3. The second-order valence-corrected chi connectivity index (χ2v) is 45.3. The molecule has 1 aliphatic rings. The van der Waals surface area contributed by atoms with Crippen LogP contribution in [0.1, 0.15) is 219 Å². The number of aliphatic hydroxyl groups is 3. The van der Waals surface area contributed by atoms with Crippen LogP contribution in [0.3, 0.4) is 0 Å². The van der Waals surface area contributed by atoms with Gasteiger partial charge in [0.15, 0.2) is 29.5 Å². The van der Waals surface area contributed by atoms with Crippen molar-refractivity contribution < 1.29 is 110 Å². The molecule has 9 atom stereocenters. The Bertz CT molecular complexity index is 5780. The number of nitrogens with one attached hydrogen (secondary N) is 3. The van der Waals surface area contributed by atoms with Crippen molar-refractivity contribution in [2.45, 2.75) is 299 Å². The first-order valence-corrected chi connectivity index (χ1v) is 56.5. The fourth-order valence-corrected chi connectivity index (χ4v) is 24.5. The van der Waals surface area contributed by atoms with E-state index in [0.29, 0.717) is 118 Å². The van der Waals surface area contributed by atoms with Crippen LogP contribution in [0.2, 0.25) is 0 Å². The van der Waals surface area contributed by atoms with Gasteiger partial charge in [-0.2, -0.15) is 0 Å². The van der Waals surface area contributed by atoms with E-state index in [-0.39, 0.29) is 88.5 Å². The van der Waals surface area contributed by atoms with Crippen LogP contribution in [-0.2, 0) is 135 Å². The average molecular weight is 2130 g/mol. The summed E-state index contributed by atoms with van der Waals surface area (Å²) in [7, 11) is -11.7. The van der Waals surface area contributed by atoms with Gasteiger partial charge in [-0.1, -0.05) is 265 Å². The molecule has 0 aliphatic heterocycles. The van der Waals surface area contributed by atoms with E-state index in [4.69, 9.17) is 31.4 Å². The summed E-state index contributed by atoms with van der Waals surface area (Å²) in [5.41, 5.74) is 26.1. The van der Waals surface area contributed by atoms with Crippen molar-refractivity contribution in [1.29, 1.82) is 0 Å². The highest BCUT2D eigenvalue weighted by atomic mass is 32.2. The molecule has 149 heavy (non-hydrogen) atoms. The summed E-state index contributed by atoms with van der Waals surface area (Å²) in [5.74, 6) is -8.94. The number of sulfone groups is 3. The number of aryl methyl sites for hydroxylation is 3. The Balaban J connectivity index is 0.000000272. The maximum Gasteiger partial charge on any atom is 0.408 e. The molecule has 814 valence electrons. The summed E-state index contributed by atoms with van der Waals surface area (Å²) in [6.45, 7) is 15.9. The molecule has 9 aromatic rings. The molecule has 27 nitrogen and oxygen atoms in total. The van der Waals surface area contributed by atoms with E-state index in [1.54, 1.807) is 84.9 Å². The minimum atomic E-state index is -3.91. The van der Waals surface area contributed by atoms with Crippen LogP contribution in [0.25, 0.3) is 0 Å². The Labute approximate surface area is 874 Å². The highest BCUT2D eigenvalue weighted by molar-refractivity contribution is 7.92. The molecule has 0 radical (unpaired) electrons. The fraction of sp³-hybridized carbons (Fsp3) is 0.469. The number of hydrogen-bond acceptors (Lipinski definition) is 21. The summed E-state index contributed by atoms with van der Waals surface area (Å²) in [6.07, 6.45) is 2.06. The third-order valence-electron chi connectivity index (χ3n) is 26.2. The zero-order chi connectivity index (χ0) is 109. The molecule has 1 fully saturated rings. The first-order chi connectivity index (χ1) is 71.0. The van der Waals surface area contributed by atoms with Gasteiger partial charge in [0.1, 0.15) is 72.8 Å². The molecule has 0 saturated heterocycles. The van der Waals surface area contributed by atoms with Crippen LogP contribution < -0.4 is 33.2 Å². The SMILES string of the molecule is CCCC(CCC)S(=O)(=O)CC(NC(=O)OCc1ccccc1)C(=O)N(C[C@@H](O)[C@@H](N)Cc1cc(F)cc(F)c1)C1(c2cccc(CC)c2)CC1.CCCC(CCC)S(=O)(=O)CC(NC(=O)OCc1ccccc1)C(=O)N(Cc1cccc(CC)c1)C[C@@H](O)[C@@H](N)Cc1cc(F)cc(F)c1.CCCC(CCC)S(=O)(=O)CC(NC(=O)OCc1ccccc1)C(=O)N(Cc1cccc(CC)c1)C[C@@H](O)[C@@H](N)Cc1cc(F)cc(F)c1. The summed E-state index contributed by atoms with van der Waals surface area (Å²) in [5, 5.41) is 39.3. The van der Waals surface area contributed by atoms with E-state index >= 15 is 0 Å². The lowest BCUT2D eigenvalue weighted by atomic mass is 9.96. The number of rotatable bonds is 57. The molecule has 3 unspecified atom stereocenters. The lowest BCUT2D eigenvalue weighted by Crippen LogP contribution is -2.58. The van der Waals surface area contributed by atoms with Crippen molar-refractivity contribution in [2.75, 3.05) is 36.9 Å². The number of carbonyl (C=O) groups is 6. The number of benzene rings is 9. The standard InChI is InChI=1S/C39H51F2N3O6S.2C37H49F2N3O6S/c1-4-11-33(12-5-2)51(48,49)26-35(43-38(47)50-25-28-13-8-7-9-14-28)37(46)44(39(17-18-39)30-16-10-15-27(6-3)19-30)24-36(45)34(42)22-29-20-31(40)23-32(41)21-29;2*1-4-11-32(12-5-2)49(46,47)25-34(41-37(45)48-24-27-13-8-7-9-14-27)36(44)42(22-28-16-10-15-26(6-3)17-28)23-35(43)33(40)20-29-18-30(38)21-31(39)19-29/h7-10,13-16,19-21,23,33-36,45H,4-6,11-12,17-18,22,24-26,42H2,1-3H3,(H,43,47);2*7-10,13-19,21,32-35,43H,4-6,11-12,20,22-25,40H2,1-3H3,(H,41,45)/t34-,35?,36+;2*33-,34?,35+/m000/s1. The molecule has 0 spiro atoms. The summed E-state index contributed by atoms with van der Waals surface area (Å²) >= 11 is 0. The number of nitrogens with zero attached hydrogens (tertiary/aromatic N) is 3. The van der Waals surface area contributed by atoms with Crippen molar-refractivity contribution in [3.63, 3.8) is 0 Å². The van der Waals surface area contributed by atoms with E-state index in [2.05, 4.69) is 16.0 Å². The summed E-state index contributed by atoms with van der Waals surface area (Å²) in [4.78, 5) is 86.9. The zero-order valence-corrected chi connectivity index (χ0v) is 89.1. The van der Waals surface area contributed by atoms with Crippen molar-refractivity contribution in [3.8, 4) is 0 Å². The van der Waals surface area contributed by atoms with Crippen LogP contribution in [0.4, 0.5) is 40.7 Å². The number of amides is 6. The number of alkyl carbamates (subject to hydrolysis) is 3. The normalized spacial score (nSPS) is 14.2. The van der Waals surface area contributed by atoms with Gasteiger partial charge in [0.25, 0.3) is 0 Å². The average Bonchev–Trinajstić information content (AvgIpc) is 1.58. The van der Waals surface area contributed by atoms with Gasteiger partial charge < -0.3 is 77.4 Å². The van der Waals surface area contributed by atoms with E-state index in [1.807, 2.05) is 141 Å². The van der Waals surface area contributed by atoms with Gasteiger partial charge in [-0.05, 0) is 193 Å². The summed E-state index contributed by atoms with van der Waals surface area (Å²) < 4.78 is 182. The van der Waals surface area contributed by atoms with E-state index < -0.39 is 194 Å². The fourth-order valence-electron chi connectivity index (χ4n) is 18.1. The Morgan fingerprint density at radius 3 is 0.859 bits per heavy atom. The molecule has 1 saturated carbocycles. The zero-order valence-electron chi connectivity index (χ0n) is 86.7. The monoisotopic (exact) mass is 2130 g/mol. The topological polar surface area (TPSA) is 417 Å². The first-order valence-electron chi connectivity index (χ1n) is 51.4. The maximum absolute atomic E-state index is 14.8. The van der Waals surface area contributed by atoms with Crippen LogP contribution >= 0.6 is 0 Å². The molecule has 9 aromatic carbocycles. The number of halogens is 6. The van der Waals surface area contributed by atoms with Gasteiger partial charge in [0.2, 0.25) is 17.7 Å². The van der Waals surface area contributed by atoms with Gasteiger partial charge in [-0.3, -0.25) is 14.4 Å². The second kappa shape index (κ2) is 61.0. The van der Waals surface area contributed by atoms with Gasteiger partial charge in [-0.25, -0.2) is 66.0 Å². The number of hydrogen-bond donors (Lipinski definition) is 9. The highest BCUT2D eigenvalue weighted by Crippen LogP contribution is 2.52. The Morgan fingerprint density at radius 1 is 0.329 bits per heavy atom. The highest BCUT2D eigenvalue weighted by Gasteiger charge is 2.54. The molecular weight excluding hydrogens is 1980 g/mol. The quantitative estimate of drug-likeness (QED) is 0.0126. The van der Waals surface area contributed by atoms with Gasteiger partial charge >= 0.3 is 18.3 Å². The van der Waals surface area contributed by atoms with E-state index in [0.717, 1.165) is 96.1 Å². The van der Waals surface area contributed by atoms with Gasteiger partial charge in [0.05, 0.1) is 56.9 Å². The lowest BCUT2D eigenvalue weighted by Gasteiger charge is -2.38. The molecule has 0 aromatic heterocycles. The smallest absolute Gasteiger partial charge is 0.408 e. The Hall–Kier alpha value is -11.6. The van der Waals surface area contributed by atoms with Crippen molar-refractivity contribution in [2.24, 2.45) is 17.2 Å². The van der Waals surface area contributed by atoms with Gasteiger partial charge in [-0.15, -0.1) is 0 Å². The predicted molar refractivity (Wildman–Crippen MR) is 566 cm³/mol. The minimum absolute atomic E-state index is 0.0321. The predicted octanol–water partition coefficient (Wildman–Crippen LogP) is 16.9. The summed E-state index contributed by atoms with van der Waals surface area (Å²) in [6, 6.07) is 50.6. The first kappa shape index (κ1) is 123. The van der Waals surface area contributed by atoms with Crippen LogP contribution in [-0.4, -0.2) is 198 Å². The third kappa shape index (κ3) is 40.2. The van der Waals surface area contributed by atoms with Crippen LogP contribution in [0, 0.1) is 34.9 Å². The van der Waals surface area contributed by atoms with E-state index in [9.17, 15) is 95.7 Å². The number of ether oxygens (including phenoxy) is 3. The molecular formula is C113H149F6N9O18S3. The van der Waals surface area contributed by atoms with Crippen molar-refractivity contribution in [3.05, 3.63) is 320 Å². The Kier molecular flexibility index (Phi) is 50.2. The van der Waals surface area contributed by atoms with Crippen molar-refractivity contribution >= 4 is 65.5 Å².